The molecule has 1 saturated carbocycles. The van der Waals surface area contributed by atoms with Gasteiger partial charge in [0.2, 0.25) is 0 Å². The summed E-state index contributed by atoms with van der Waals surface area (Å²) < 4.78 is 0. The third-order valence-corrected chi connectivity index (χ3v) is 6.87. The first-order valence-electron chi connectivity index (χ1n) is 9.42. The molecule has 2 bridgehead atoms. The van der Waals surface area contributed by atoms with Crippen LogP contribution in [0.1, 0.15) is 62.1 Å². The molecule has 0 nitrogen and oxygen atoms in total. The lowest BCUT2D eigenvalue weighted by atomic mass is 9.62. The van der Waals surface area contributed by atoms with E-state index < -0.39 is 0 Å². The van der Waals surface area contributed by atoms with Crippen LogP contribution in [0, 0.1) is 11.8 Å². The van der Waals surface area contributed by atoms with Gasteiger partial charge in [0.15, 0.2) is 0 Å². The number of hydrogen-bond donors (Lipinski definition) is 0. The monoisotopic (exact) mass is 302 g/mol. The zero-order chi connectivity index (χ0) is 15.6. The summed E-state index contributed by atoms with van der Waals surface area (Å²) in [5.74, 6) is 2.25. The van der Waals surface area contributed by atoms with Crippen molar-refractivity contribution in [3.05, 3.63) is 59.2 Å². The van der Waals surface area contributed by atoms with Crippen LogP contribution in [0.5, 0.6) is 0 Å². The van der Waals surface area contributed by atoms with Gasteiger partial charge in [-0.15, -0.1) is 0 Å². The molecular formula is C23H26. The Balaban J connectivity index is 1.74. The summed E-state index contributed by atoms with van der Waals surface area (Å²) in [7, 11) is 0. The maximum absolute atomic E-state index is 2.57. The molecule has 0 heterocycles. The molecule has 2 aromatic carbocycles. The van der Waals surface area contributed by atoms with Crippen LogP contribution in [-0.4, -0.2) is 0 Å². The van der Waals surface area contributed by atoms with E-state index >= 15 is 0 Å². The van der Waals surface area contributed by atoms with Gasteiger partial charge in [-0.3, -0.25) is 0 Å². The molecule has 0 amide bonds. The van der Waals surface area contributed by atoms with E-state index in [1.165, 1.54) is 48.4 Å². The van der Waals surface area contributed by atoms with Crippen LogP contribution in [0.25, 0.3) is 10.8 Å². The van der Waals surface area contributed by atoms with E-state index in [1.54, 1.807) is 11.1 Å². The molecule has 1 fully saturated rings. The normalized spacial score (nSPS) is 31.4. The lowest BCUT2D eigenvalue weighted by Crippen LogP contribution is -2.35. The van der Waals surface area contributed by atoms with Gasteiger partial charge >= 0.3 is 0 Å². The van der Waals surface area contributed by atoms with Crippen molar-refractivity contribution in [1.82, 2.24) is 0 Å². The molecule has 3 aliphatic rings. The number of allylic oxidation sites excluding steroid dienone is 2. The van der Waals surface area contributed by atoms with Gasteiger partial charge in [0.25, 0.3) is 0 Å². The Morgan fingerprint density at radius 2 is 2.04 bits per heavy atom. The van der Waals surface area contributed by atoms with Crippen LogP contribution in [-0.2, 0) is 11.8 Å². The minimum Gasteiger partial charge on any atom is -0.0851 e. The molecule has 0 saturated heterocycles. The first-order chi connectivity index (χ1) is 11.2. The van der Waals surface area contributed by atoms with Crippen molar-refractivity contribution in [1.29, 1.82) is 0 Å². The van der Waals surface area contributed by atoms with Crippen molar-refractivity contribution in [2.75, 3.05) is 0 Å². The molecule has 0 aliphatic heterocycles. The van der Waals surface area contributed by atoms with Crippen LogP contribution in [0.2, 0.25) is 0 Å². The maximum Gasteiger partial charge on any atom is 0.00246 e. The van der Waals surface area contributed by atoms with Gasteiger partial charge in [0.1, 0.15) is 0 Å². The molecule has 5 rings (SSSR count). The molecule has 0 heteroatoms. The first kappa shape index (κ1) is 13.8. The summed E-state index contributed by atoms with van der Waals surface area (Å²) >= 11 is 0. The number of rotatable bonds is 1. The lowest BCUT2D eigenvalue weighted by molar-refractivity contribution is 0.304. The highest BCUT2D eigenvalue weighted by Crippen LogP contribution is 2.58. The Morgan fingerprint density at radius 1 is 1.13 bits per heavy atom. The zero-order valence-corrected chi connectivity index (χ0v) is 14.3. The van der Waals surface area contributed by atoms with Gasteiger partial charge in [-0.05, 0) is 77.3 Å². The molecule has 3 atom stereocenters. The molecule has 23 heavy (non-hydrogen) atoms. The molecular weight excluding hydrogens is 276 g/mol. The van der Waals surface area contributed by atoms with E-state index in [0.717, 1.165) is 11.8 Å². The quantitative estimate of drug-likeness (QED) is 0.556. The standard InChI is InChI=1S/C23H26/c1-15(2)20-7-3-5-17-13-22-18(12-21(17)20)6-4-10-23(22)14-16-8-9-19(23)11-16/h3,5,7-9,12-13,15-16,19H,4,6,10-11,14H2,1-2H3. The molecule has 118 valence electrons. The van der Waals surface area contributed by atoms with Crippen LogP contribution in [0.3, 0.4) is 0 Å². The molecule has 0 radical (unpaired) electrons. The maximum atomic E-state index is 2.57. The van der Waals surface area contributed by atoms with E-state index in [1.807, 2.05) is 0 Å². The van der Waals surface area contributed by atoms with Gasteiger partial charge in [-0.25, -0.2) is 0 Å². The summed E-state index contributed by atoms with van der Waals surface area (Å²) in [6, 6.07) is 12.0. The second-order valence-corrected chi connectivity index (χ2v) is 8.43. The Kier molecular flexibility index (Phi) is 2.84. The average Bonchev–Trinajstić information content (AvgIpc) is 3.14. The Hall–Kier alpha value is -1.56. The third-order valence-electron chi connectivity index (χ3n) is 6.87. The van der Waals surface area contributed by atoms with E-state index in [2.05, 4.69) is 56.3 Å². The second-order valence-electron chi connectivity index (χ2n) is 8.43. The van der Waals surface area contributed by atoms with Crippen molar-refractivity contribution in [3.63, 3.8) is 0 Å². The van der Waals surface area contributed by atoms with E-state index in [9.17, 15) is 0 Å². The Bertz CT molecular complexity index is 810. The van der Waals surface area contributed by atoms with Crippen LogP contribution < -0.4 is 0 Å². The lowest BCUT2D eigenvalue weighted by Gasteiger charge is -2.41. The highest BCUT2D eigenvalue weighted by Gasteiger charge is 2.50. The summed E-state index contributed by atoms with van der Waals surface area (Å²) in [5, 5.41) is 2.96. The molecule has 3 aliphatic carbocycles. The predicted octanol–water partition coefficient (Wildman–Crippen LogP) is 6.13. The van der Waals surface area contributed by atoms with E-state index in [4.69, 9.17) is 0 Å². The SMILES string of the molecule is CC(C)c1cccc2cc3c(cc12)CCCC31CC2C=CC1C2. The second kappa shape index (κ2) is 4.72. The van der Waals surface area contributed by atoms with Crippen molar-refractivity contribution in [2.24, 2.45) is 11.8 Å². The molecule has 3 unspecified atom stereocenters. The van der Waals surface area contributed by atoms with Crippen LogP contribution in [0.15, 0.2) is 42.5 Å². The Labute approximate surface area is 139 Å². The smallest absolute Gasteiger partial charge is 0.00246 e. The van der Waals surface area contributed by atoms with Crippen molar-refractivity contribution < 1.29 is 0 Å². The van der Waals surface area contributed by atoms with Gasteiger partial charge in [-0.1, -0.05) is 56.3 Å². The average molecular weight is 302 g/mol. The number of hydrogen-bond acceptors (Lipinski definition) is 0. The van der Waals surface area contributed by atoms with Crippen LogP contribution in [0.4, 0.5) is 0 Å². The fourth-order valence-electron chi connectivity index (χ4n) is 5.85. The minimum atomic E-state index is 0.467. The van der Waals surface area contributed by atoms with Gasteiger partial charge in [-0.2, -0.15) is 0 Å². The Morgan fingerprint density at radius 3 is 2.78 bits per heavy atom. The van der Waals surface area contributed by atoms with Crippen LogP contribution >= 0.6 is 0 Å². The fraction of sp³-hybridized carbons (Fsp3) is 0.478. The fourth-order valence-corrected chi connectivity index (χ4v) is 5.85. The molecule has 1 spiro atoms. The van der Waals surface area contributed by atoms with Gasteiger partial charge in [0.05, 0.1) is 0 Å². The summed E-state index contributed by atoms with van der Waals surface area (Å²) in [5.41, 5.74) is 5.33. The molecule has 0 N–H and O–H groups in total. The largest absolute Gasteiger partial charge is 0.0851 e. The number of aryl methyl sites for hydroxylation is 1. The van der Waals surface area contributed by atoms with E-state index in [-0.39, 0.29) is 0 Å². The highest BCUT2D eigenvalue weighted by molar-refractivity contribution is 5.88. The minimum absolute atomic E-state index is 0.467. The van der Waals surface area contributed by atoms with Crippen molar-refractivity contribution in [2.45, 2.75) is 57.3 Å². The predicted molar refractivity (Wildman–Crippen MR) is 98.0 cm³/mol. The van der Waals surface area contributed by atoms with Crippen molar-refractivity contribution >= 4 is 10.8 Å². The highest BCUT2D eigenvalue weighted by atomic mass is 14.5. The first-order valence-corrected chi connectivity index (χ1v) is 9.42. The third kappa shape index (κ3) is 1.84. The number of benzene rings is 2. The molecule has 2 aromatic rings. The summed E-state index contributed by atoms with van der Waals surface area (Å²) in [4.78, 5) is 0. The zero-order valence-electron chi connectivity index (χ0n) is 14.3. The molecule has 0 aromatic heterocycles. The number of fused-ring (bicyclic) bond motifs is 6. The summed E-state index contributed by atoms with van der Waals surface area (Å²) in [6.45, 7) is 4.63. The van der Waals surface area contributed by atoms with Crippen molar-refractivity contribution in [3.8, 4) is 0 Å². The van der Waals surface area contributed by atoms with Gasteiger partial charge < -0.3 is 0 Å². The summed E-state index contributed by atoms with van der Waals surface area (Å²) in [6.07, 6.45) is 11.9. The topological polar surface area (TPSA) is 0 Å². The van der Waals surface area contributed by atoms with Gasteiger partial charge in [0, 0.05) is 5.41 Å². The van der Waals surface area contributed by atoms with E-state index in [0.29, 0.717) is 11.3 Å².